The Labute approximate surface area is 185 Å². The molecule has 2 aromatic carbocycles. The van der Waals surface area contributed by atoms with Crippen LogP contribution in [-0.4, -0.2) is 22.0 Å². The van der Waals surface area contributed by atoms with Crippen LogP contribution >= 0.6 is 0 Å². The number of hydrogen-bond acceptors (Lipinski definition) is 8. The maximum atomic E-state index is 13.4. The minimum Gasteiger partial charge on any atom is -0.504 e. The van der Waals surface area contributed by atoms with Crippen LogP contribution in [0.1, 0.15) is 67.6 Å². The fourth-order valence-corrected chi connectivity index (χ4v) is 3.46. The van der Waals surface area contributed by atoms with E-state index in [-0.39, 0.29) is 46.2 Å². The summed E-state index contributed by atoms with van der Waals surface area (Å²) in [5, 5.41) is 20.7. The molecule has 6 N–H and O–H groups in total. The van der Waals surface area contributed by atoms with Gasteiger partial charge in [0.2, 0.25) is 0 Å². The van der Waals surface area contributed by atoms with E-state index in [1.54, 1.807) is 0 Å². The fraction of sp³-hybridized carbons (Fsp3) is 0.333. The highest BCUT2D eigenvalue weighted by Gasteiger charge is 2.25. The number of hydrogen-bond donors (Lipinski definition) is 4. The van der Waals surface area contributed by atoms with Gasteiger partial charge in [-0.25, -0.2) is 0 Å². The van der Waals surface area contributed by atoms with Crippen molar-refractivity contribution in [3.8, 4) is 17.2 Å². The minimum absolute atomic E-state index is 0.0135. The molecule has 32 heavy (non-hydrogen) atoms. The van der Waals surface area contributed by atoms with E-state index in [4.69, 9.17) is 20.6 Å². The van der Waals surface area contributed by atoms with Crippen LogP contribution in [0.25, 0.3) is 11.0 Å². The van der Waals surface area contributed by atoms with E-state index in [1.807, 2.05) is 13.8 Å². The monoisotopic (exact) mass is 440 g/mol. The molecule has 0 fully saturated rings. The number of benzene rings is 2. The Morgan fingerprint density at radius 3 is 2.28 bits per heavy atom. The Kier molecular flexibility index (Phi) is 6.92. The molecule has 0 aliphatic rings. The Bertz CT molecular complexity index is 1140. The predicted molar refractivity (Wildman–Crippen MR) is 122 cm³/mol. The number of furan rings is 1. The minimum atomic E-state index is -0.453. The first-order chi connectivity index (χ1) is 15.3. The number of phenolic OH excluding ortho intramolecular Hbond substituents is 2. The third kappa shape index (κ3) is 4.64. The maximum Gasteiger partial charge on any atom is 0.311 e. The molecule has 0 aliphatic heterocycles. The van der Waals surface area contributed by atoms with E-state index in [9.17, 15) is 19.8 Å². The van der Waals surface area contributed by atoms with Crippen molar-refractivity contribution in [3.63, 3.8) is 0 Å². The highest BCUT2D eigenvalue weighted by molar-refractivity contribution is 6.18. The summed E-state index contributed by atoms with van der Waals surface area (Å²) in [5.41, 5.74) is 12.3. The quantitative estimate of drug-likeness (QED) is 0.123. The van der Waals surface area contributed by atoms with Crippen LogP contribution in [0.3, 0.4) is 0 Å². The van der Waals surface area contributed by atoms with Crippen LogP contribution in [0, 0.1) is 0 Å². The SMILES string of the molecule is CCCCC(=O)Oc1cc2oc(CCCC)c(C(=O)c3cc(N)c(O)c(N)c3)c2cc1O. The van der Waals surface area contributed by atoms with Crippen LogP contribution in [0.4, 0.5) is 11.4 Å². The molecule has 8 nitrogen and oxygen atoms in total. The van der Waals surface area contributed by atoms with Crippen LogP contribution in [-0.2, 0) is 11.2 Å². The summed E-state index contributed by atoms with van der Waals surface area (Å²) in [6.07, 6.45) is 3.93. The Morgan fingerprint density at radius 2 is 1.66 bits per heavy atom. The van der Waals surface area contributed by atoms with Crippen molar-refractivity contribution in [1.82, 2.24) is 0 Å². The molecule has 170 valence electrons. The first-order valence-corrected chi connectivity index (χ1v) is 10.7. The molecule has 8 heteroatoms. The van der Waals surface area contributed by atoms with Gasteiger partial charge in [0.25, 0.3) is 0 Å². The lowest BCUT2D eigenvalue weighted by Gasteiger charge is -2.08. The van der Waals surface area contributed by atoms with Gasteiger partial charge >= 0.3 is 5.97 Å². The summed E-state index contributed by atoms with van der Waals surface area (Å²) in [7, 11) is 0. The van der Waals surface area contributed by atoms with Crippen molar-refractivity contribution in [1.29, 1.82) is 0 Å². The number of esters is 1. The number of anilines is 2. The lowest BCUT2D eigenvalue weighted by atomic mass is 9.97. The standard InChI is InChI=1S/C24H28N2O6/c1-3-5-7-18-22(23(29)13-9-15(25)24(30)16(26)10-13)14-11-17(27)20(12-19(14)31-18)32-21(28)8-6-4-2/h9-12,27,30H,3-8,25-26H2,1-2H3. The van der Waals surface area contributed by atoms with Crippen molar-refractivity contribution >= 4 is 34.1 Å². The van der Waals surface area contributed by atoms with Crippen molar-refractivity contribution in [2.45, 2.75) is 52.4 Å². The molecule has 0 amide bonds. The van der Waals surface area contributed by atoms with Gasteiger partial charge in [0.05, 0.1) is 16.9 Å². The number of nitrogen functional groups attached to an aromatic ring is 2. The van der Waals surface area contributed by atoms with Crippen molar-refractivity contribution in [2.24, 2.45) is 0 Å². The summed E-state index contributed by atoms with van der Waals surface area (Å²) >= 11 is 0. The maximum absolute atomic E-state index is 13.4. The lowest BCUT2D eigenvalue weighted by molar-refractivity contribution is -0.134. The number of aryl methyl sites for hydroxylation is 1. The third-order valence-corrected chi connectivity index (χ3v) is 5.22. The van der Waals surface area contributed by atoms with Gasteiger partial charge in [-0.1, -0.05) is 26.7 Å². The number of fused-ring (bicyclic) bond motifs is 1. The number of rotatable bonds is 9. The highest BCUT2D eigenvalue weighted by Crippen LogP contribution is 2.38. The molecule has 0 aliphatic carbocycles. The average Bonchev–Trinajstić information content (AvgIpc) is 3.10. The predicted octanol–water partition coefficient (Wildman–Crippen LogP) is 4.68. The van der Waals surface area contributed by atoms with E-state index in [1.165, 1.54) is 24.3 Å². The number of phenols is 2. The topological polar surface area (TPSA) is 149 Å². The molecule has 0 atom stereocenters. The molecule has 0 bridgehead atoms. The van der Waals surface area contributed by atoms with Gasteiger partial charge < -0.3 is 30.8 Å². The van der Waals surface area contributed by atoms with Gasteiger partial charge in [0.1, 0.15) is 11.3 Å². The molecule has 0 spiro atoms. The molecule has 0 radical (unpaired) electrons. The molecular weight excluding hydrogens is 412 g/mol. The fourth-order valence-electron chi connectivity index (χ4n) is 3.46. The molecule has 3 rings (SSSR count). The Hall–Kier alpha value is -3.68. The normalized spacial score (nSPS) is 11.1. The second kappa shape index (κ2) is 9.64. The third-order valence-electron chi connectivity index (χ3n) is 5.22. The van der Waals surface area contributed by atoms with Crippen LogP contribution in [0.15, 0.2) is 28.7 Å². The van der Waals surface area contributed by atoms with Gasteiger partial charge in [-0.2, -0.15) is 0 Å². The highest BCUT2D eigenvalue weighted by atomic mass is 16.5. The first kappa shape index (κ1) is 23.0. The molecule has 0 saturated carbocycles. The molecule has 1 aromatic heterocycles. The van der Waals surface area contributed by atoms with Gasteiger partial charge in [0.15, 0.2) is 23.0 Å². The summed E-state index contributed by atoms with van der Waals surface area (Å²) in [6.45, 7) is 3.98. The van der Waals surface area contributed by atoms with E-state index in [0.29, 0.717) is 29.6 Å². The number of ketones is 1. The van der Waals surface area contributed by atoms with E-state index < -0.39 is 11.8 Å². The lowest BCUT2D eigenvalue weighted by Crippen LogP contribution is -2.07. The van der Waals surface area contributed by atoms with Gasteiger partial charge in [0, 0.05) is 29.9 Å². The number of unbranched alkanes of at least 4 members (excludes halogenated alkanes) is 2. The largest absolute Gasteiger partial charge is 0.504 e. The van der Waals surface area contributed by atoms with Crippen molar-refractivity contribution in [2.75, 3.05) is 11.5 Å². The molecule has 0 unspecified atom stereocenters. The number of aromatic hydroxyl groups is 2. The molecular formula is C24H28N2O6. The Balaban J connectivity index is 2.08. The molecule has 3 aromatic rings. The van der Waals surface area contributed by atoms with Gasteiger partial charge in [-0.15, -0.1) is 0 Å². The number of carbonyl (C=O) groups excluding carboxylic acids is 2. The van der Waals surface area contributed by atoms with Gasteiger partial charge in [-0.05, 0) is 31.0 Å². The zero-order valence-electron chi connectivity index (χ0n) is 18.2. The summed E-state index contributed by atoms with van der Waals surface area (Å²) in [6, 6.07) is 5.47. The molecule has 1 heterocycles. The summed E-state index contributed by atoms with van der Waals surface area (Å²) in [5.74, 6) is -0.982. The van der Waals surface area contributed by atoms with E-state index >= 15 is 0 Å². The summed E-state index contributed by atoms with van der Waals surface area (Å²) in [4.78, 5) is 25.4. The first-order valence-electron chi connectivity index (χ1n) is 10.7. The smallest absolute Gasteiger partial charge is 0.311 e. The van der Waals surface area contributed by atoms with Crippen LogP contribution in [0.5, 0.6) is 17.2 Å². The molecule has 0 saturated heterocycles. The second-order valence-electron chi connectivity index (χ2n) is 7.73. The van der Waals surface area contributed by atoms with Gasteiger partial charge in [-0.3, -0.25) is 9.59 Å². The van der Waals surface area contributed by atoms with Crippen molar-refractivity contribution < 1.29 is 29.0 Å². The zero-order valence-corrected chi connectivity index (χ0v) is 18.2. The summed E-state index contributed by atoms with van der Waals surface area (Å²) < 4.78 is 11.2. The second-order valence-corrected chi connectivity index (χ2v) is 7.73. The van der Waals surface area contributed by atoms with E-state index in [0.717, 1.165) is 19.3 Å². The van der Waals surface area contributed by atoms with Crippen LogP contribution < -0.4 is 16.2 Å². The van der Waals surface area contributed by atoms with Crippen molar-refractivity contribution in [3.05, 3.63) is 41.2 Å². The van der Waals surface area contributed by atoms with E-state index in [2.05, 4.69) is 0 Å². The number of carbonyl (C=O) groups is 2. The average molecular weight is 440 g/mol. The van der Waals surface area contributed by atoms with Crippen LogP contribution in [0.2, 0.25) is 0 Å². The number of ether oxygens (including phenoxy) is 1. The zero-order chi connectivity index (χ0) is 23.4. The number of nitrogens with two attached hydrogens (primary N) is 2. The Morgan fingerprint density at radius 1 is 1.00 bits per heavy atom.